The van der Waals surface area contributed by atoms with Gasteiger partial charge in [-0.1, -0.05) is 30.3 Å². The molecule has 0 saturated carbocycles. The molecule has 2 atom stereocenters. The fraction of sp³-hybridized carbons (Fsp3) is 0.588. The highest BCUT2D eigenvalue weighted by atomic mass is 16.2. The van der Waals surface area contributed by atoms with Crippen LogP contribution in [0.5, 0.6) is 0 Å². The van der Waals surface area contributed by atoms with Crippen LogP contribution in [0, 0.1) is 0 Å². The fourth-order valence-electron chi connectivity index (χ4n) is 3.61. The van der Waals surface area contributed by atoms with Crippen molar-refractivity contribution in [1.82, 2.24) is 10.2 Å². The van der Waals surface area contributed by atoms with E-state index in [4.69, 9.17) is 0 Å². The molecule has 2 unspecified atom stereocenters. The first kappa shape index (κ1) is 13.6. The molecule has 3 nitrogen and oxygen atoms in total. The van der Waals surface area contributed by atoms with E-state index < -0.39 is 5.41 Å². The van der Waals surface area contributed by atoms with Gasteiger partial charge in [-0.25, -0.2) is 0 Å². The van der Waals surface area contributed by atoms with Crippen molar-refractivity contribution < 1.29 is 4.79 Å². The highest BCUT2D eigenvalue weighted by molar-refractivity contribution is 5.88. The Hall–Kier alpha value is -1.35. The summed E-state index contributed by atoms with van der Waals surface area (Å²) >= 11 is 0. The van der Waals surface area contributed by atoms with Crippen LogP contribution in [0.4, 0.5) is 0 Å². The second-order valence-corrected chi connectivity index (χ2v) is 6.58. The van der Waals surface area contributed by atoms with Crippen molar-refractivity contribution in [3.8, 4) is 0 Å². The van der Waals surface area contributed by atoms with Crippen molar-refractivity contribution in [2.24, 2.45) is 0 Å². The van der Waals surface area contributed by atoms with E-state index in [0.717, 1.165) is 31.5 Å². The van der Waals surface area contributed by atoms with Crippen LogP contribution >= 0.6 is 0 Å². The van der Waals surface area contributed by atoms with Gasteiger partial charge in [-0.15, -0.1) is 0 Å². The standard InChI is InChI=1S/C17H24N2O/c1-17(2,13-6-4-3-5-7-13)16(20)19-14-8-9-15(19)12-18-11-10-14/h3-7,14-15,18H,8-12H2,1-2H3. The average molecular weight is 272 g/mol. The molecule has 1 aromatic carbocycles. The van der Waals surface area contributed by atoms with E-state index in [1.807, 2.05) is 18.2 Å². The Morgan fingerprint density at radius 2 is 1.85 bits per heavy atom. The summed E-state index contributed by atoms with van der Waals surface area (Å²) in [6.07, 6.45) is 3.41. The molecule has 2 heterocycles. The summed E-state index contributed by atoms with van der Waals surface area (Å²) in [5.41, 5.74) is 0.675. The van der Waals surface area contributed by atoms with Gasteiger partial charge in [0.15, 0.2) is 0 Å². The number of carbonyl (C=O) groups excluding carboxylic acids is 1. The molecular formula is C17H24N2O. The molecule has 1 amide bonds. The number of nitrogens with zero attached hydrogens (tertiary/aromatic N) is 1. The summed E-state index contributed by atoms with van der Waals surface area (Å²) in [6.45, 7) is 6.11. The summed E-state index contributed by atoms with van der Waals surface area (Å²) < 4.78 is 0. The average Bonchev–Trinajstić information content (AvgIpc) is 2.72. The Kier molecular flexibility index (Phi) is 3.55. The molecule has 20 heavy (non-hydrogen) atoms. The molecule has 3 heteroatoms. The molecular weight excluding hydrogens is 248 g/mol. The van der Waals surface area contributed by atoms with Crippen molar-refractivity contribution in [3.63, 3.8) is 0 Å². The first-order chi connectivity index (χ1) is 9.60. The smallest absolute Gasteiger partial charge is 0.233 e. The molecule has 2 aliphatic rings. The minimum atomic E-state index is -0.438. The number of rotatable bonds is 2. The van der Waals surface area contributed by atoms with Gasteiger partial charge in [-0.05, 0) is 45.2 Å². The second-order valence-electron chi connectivity index (χ2n) is 6.58. The third kappa shape index (κ3) is 2.24. The van der Waals surface area contributed by atoms with Crippen LogP contribution < -0.4 is 5.32 Å². The number of hydrogen-bond donors (Lipinski definition) is 1. The maximum atomic E-state index is 13.1. The molecule has 1 N–H and O–H groups in total. The normalized spacial score (nSPS) is 26.4. The minimum absolute atomic E-state index is 0.292. The van der Waals surface area contributed by atoms with Gasteiger partial charge < -0.3 is 10.2 Å². The second kappa shape index (κ2) is 5.21. The minimum Gasteiger partial charge on any atom is -0.335 e. The van der Waals surface area contributed by atoms with Crippen molar-refractivity contribution in [1.29, 1.82) is 0 Å². The largest absolute Gasteiger partial charge is 0.335 e. The van der Waals surface area contributed by atoms with Gasteiger partial charge in [0.05, 0.1) is 5.41 Å². The lowest BCUT2D eigenvalue weighted by Gasteiger charge is -2.36. The third-order valence-corrected chi connectivity index (χ3v) is 4.92. The zero-order valence-corrected chi connectivity index (χ0v) is 12.4. The molecule has 2 fully saturated rings. The summed E-state index contributed by atoms with van der Waals surface area (Å²) in [6, 6.07) is 11.0. The van der Waals surface area contributed by atoms with Gasteiger partial charge in [0.25, 0.3) is 0 Å². The van der Waals surface area contributed by atoms with Gasteiger partial charge in [0.2, 0.25) is 5.91 Å². The Balaban J connectivity index is 1.88. The number of amides is 1. The molecule has 2 aliphatic heterocycles. The molecule has 2 saturated heterocycles. The van der Waals surface area contributed by atoms with Crippen molar-refractivity contribution in [2.75, 3.05) is 13.1 Å². The van der Waals surface area contributed by atoms with Crippen LogP contribution in [-0.2, 0) is 10.2 Å². The maximum absolute atomic E-state index is 13.1. The van der Waals surface area contributed by atoms with Crippen molar-refractivity contribution in [3.05, 3.63) is 35.9 Å². The predicted molar refractivity (Wildman–Crippen MR) is 80.6 cm³/mol. The van der Waals surface area contributed by atoms with E-state index >= 15 is 0 Å². The van der Waals surface area contributed by atoms with Crippen molar-refractivity contribution >= 4 is 5.91 Å². The Labute approximate surface area is 121 Å². The maximum Gasteiger partial charge on any atom is 0.233 e. The Morgan fingerprint density at radius 3 is 2.60 bits per heavy atom. The Morgan fingerprint density at radius 1 is 1.15 bits per heavy atom. The zero-order chi connectivity index (χ0) is 14.2. The zero-order valence-electron chi connectivity index (χ0n) is 12.4. The highest BCUT2D eigenvalue weighted by Crippen LogP contribution is 2.34. The lowest BCUT2D eigenvalue weighted by Crippen LogP contribution is -2.50. The van der Waals surface area contributed by atoms with Crippen LogP contribution in [0.2, 0.25) is 0 Å². The first-order valence-electron chi connectivity index (χ1n) is 7.69. The Bertz CT molecular complexity index is 469. The van der Waals surface area contributed by atoms with Crippen LogP contribution in [0.25, 0.3) is 0 Å². The summed E-state index contributed by atoms with van der Waals surface area (Å²) in [4.78, 5) is 15.3. The summed E-state index contributed by atoms with van der Waals surface area (Å²) in [5.74, 6) is 0.292. The van der Waals surface area contributed by atoms with E-state index in [1.165, 1.54) is 6.42 Å². The number of hydrogen-bond acceptors (Lipinski definition) is 2. The van der Waals surface area contributed by atoms with E-state index in [-0.39, 0.29) is 0 Å². The highest BCUT2D eigenvalue weighted by Gasteiger charge is 2.43. The molecule has 108 valence electrons. The van der Waals surface area contributed by atoms with Gasteiger partial charge in [-0.3, -0.25) is 4.79 Å². The van der Waals surface area contributed by atoms with Crippen LogP contribution in [0.1, 0.15) is 38.7 Å². The van der Waals surface area contributed by atoms with Gasteiger partial charge >= 0.3 is 0 Å². The molecule has 0 aromatic heterocycles. The quantitative estimate of drug-likeness (QED) is 0.896. The van der Waals surface area contributed by atoms with Crippen LogP contribution in [-0.4, -0.2) is 36.0 Å². The van der Waals surface area contributed by atoms with E-state index in [2.05, 4.69) is 36.2 Å². The van der Waals surface area contributed by atoms with Gasteiger partial charge in [0.1, 0.15) is 0 Å². The van der Waals surface area contributed by atoms with Crippen LogP contribution in [0.3, 0.4) is 0 Å². The topological polar surface area (TPSA) is 32.3 Å². The third-order valence-electron chi connectivity index (χ3n) is 4.92. The predicted octanol–water partition coefficient (Wildman–Crippen LogP) is 2.32. The SMILES string of the molecule is CC(C)(C(=O)N1C2CCNCC1CC2)c1ccccc1. The molecule has 0 radical (unpaired) electrons. The number of nitrogens with one attached hydrogen (secondary N) is 1. The number of carbonyl (C=O) groups is 1. The fourth-order valence-corrected chi connectivity index (χ4v) is 3.61. The first-order valence-corrected chi connectivity index (χ1v) is 7.69. The summed E-state index contributed by atoms with van der Waals surface area (Å²) in [7, 11) is 0. The van der Waals surface area contributed by atoms with E-state index in [9.17, 15) is 4.79 Å². The molecule has 0 spiro atoms. The number of fused-ring (bicyclic) bond motifs is 2. The van der Waals surface area contributed by atoms with Crippen molar-refractivity contribution in [2.45, 2.75) is 50.6 Å². The lowest BCUT2D eigenvalue weighted by atomic mass is 9.82. The van der Waals surface area contributed by atoms with E-state index in [0.29, 0.717) is 18.0 Å². The summed E-state index contributed by atoms with van der Waals surface area (Å²) in [5, 5.41) is 3.46. The van der Waals surface area contributed by atoms with Gasteiger partial charge in [0, 0.05) is 18.6 Å². The molecule has 0 aliphatic carbocycles. The molecule has 2 bridgehead atoms. The van der Waals surface area contributed by atoms with E-state index in [1.54, 1.807) is 0 Å². The number of benzene rings is 1. The monoisotopic (exact) mass is 272 g/mol. The lowest BCUT2D eigenvalue weighted by molar-refractivity contribution is -0.139. The molecule has 1 aromatic rings. The van der Waals surface area contributed by atoms with Crippen LogP contribution in [0.15, 0.2) is 30.3 Å². The molecule has 3 rings (SSSR count). The van der Waals surface area contributed by atoms with Gasteiger partial charge in [-0.2, -0.15) is 0 Å².